The molecule has 0 amide bonds. The predicted octanol–water partition coefficient (Wildman–Crippen LogP) is 2.16. The zero-order valence-electron chi connectivity index (χ0n) is 10.6. The van der Waals surface area contributed by atoms with E-state index in [4.69, 9.17) is 4.74 Å². The molecule has 0 saturated heterocycles. The number of aliphatic hydroxyl groups is 1. The molecular weight excluding hydrogens is 237 g/mol. The Morgan fingerprint density at radius 3 is 2.72 bits per heavy atom. The van der Waals surface area contributed by atoms with Gasteiger partial charge in [0.1, 0.15) is 11.4 Å². The molecule has 0 radical (unpaired) electrons. The average molecular weight is 255 g/mol. The Labute approximate surface area is 106 Å². The Hall–Kier alpha value is -1.49. The number of pyridine rings is 1. The summed E-state index contributed by atoms with van der Waals surface area (Å²) in [6, 6.07) is 2.68. The van der Waals surface area contributed by atoms with Crippen molar-refractivity contribution in [1.29, 1.82) is 0 Å². The van der Waals surface area contributed by atoms with E-state index in [0.29, 0.717) is 18.7 Å². The van der Waals surface area contributed by atoms with Crippen LogP contribution in [0.25, 0.3) is 0 Å². The second kappa shape index (κ2) is 6.44. The number of carbonyl (C=O) groups is 1. The van der Waals surface area contributed by atoms with E-state index in [-0.39, 0.29) is 18.8 Å². The van der Waals surface area contributed by atoms with Crippen LogP contribution in [0.4, 0.5) is 4.39 Å². The van der Waals surface area contributed by atoms with Gasteiger partial charge in [-0.15, -0.1) is 0 Å². The Kier molecular flexibility index (Phi) is 5.22. The molecule has 0 aliphatic rings. The highest BCUT2D eigenvalue weighted by atomic mass is 19.1. The first-order valence-corrected chi connectivity index (χ1v) is 6.02. The highest BCUT2D eigenvalue weighted by molar-refractivity contribution is 5.69. The van der Waals surface area contributed by atoms with E-state index in [9.17, 15) is 14.3 Å². The van der Waals surface area contributed by atoms with Crippen molar-refractivity contribution >= 4 is 5.97 Å². The van der Waals surface area contributed by atoms with Crippen LogP contribution in [0.1, 0.15) is 38.8 Å². The molecule has 4 nitrogen and oxygen atoms in total. The van der Waals surface area contributed by atoms with Crippen molar-refractivity contribution < 1.29 is 19.0 Å². The molecule has 1 N–H and O–H groups in total. The van der Waals surface area contributed by atoms with Crippen molar-refractivity contribution in [3.8, 4) is 0 Å². The number of ether oxygens (including phenoxy) is 1. The van der Waals surface area contributed by atoms with Crippen molar-refractivity contribution in [3.05, 3.63) is 29.8 Å². The molecule has 1 rings (SSSR count). The van der Waals surface area contributed by atoms with Crippen molar-refractivity contribution in [1.82, 2.24) is 4.98 Å². The van der Waals surface area contributed by atoms with Gasteiger partial charge < -0.3 is 9.84 Å². The lowest BCUT2D eigenvalue weighted by Crippen LogP contribution is -2.27. The number of aromatic nitrogens is 1. The number of carbonyl (C=O) groups excluding carboxylic acids is 1. The Morgan fingerprint density at radius 2 is 2.22 bits per heavy atom. The molecule has 1 aromatic rings. The summed E-state index contributed by atoms with van der Waals surface area (Å²) in [4.78, 5) is 15.1. The van der Waals surface area contributed by atoms with Crippen LogP contribution < -0.4 is 0 Å². The summed E-state index contributed by atoms with van der Waals surface area (Å²) < 4.78 is 17.6. The van der Waals surface area contributed by atoms with E-state index >= 15 is 0 Å². The second-order valence-corrected chi connectivity index (χ2v) is 4.05. The van der Waals surface area contributed by atoms with Crippen LogP contribution in [0.15, 0.2) is 18.3 Å². The fraction of sp³-hybridized carbons (Fsp3) is 0.538. The van der Waals surface area contributed by atoms with Crippen LogP contribution in [0.3, 0.4) is 0 Å². The third kappa shape index (κ3) is 3.77. The van der Waals surface area contributed by atoms with Crippen molar-refractivity contribution in [2.24, 2.45) is 0 Å². The first-order valence-electron chi connectivity index (χ1n) is 6.02. The van der Waals surface area contributed by atoms with E-state index in [0.717, 1.165) is 6.20 Å². The van der Waals surface area contributed by atoms with Crippen molar-refractivity contribution in [2.75, 3.05) is 6.61 Å². The molecule has 0 spiro atoms. The molecule has 0 saturated carbocycles. The van der Waals surface area contributed by atoms with Gasteiger partial charge in [-0.05, 0) is 31.9 Å². The van der Waals surface area contributed by atoms with Crippen LogP contribution in [0.5, 0.6) is 0 Å². The lowest BCUT2D eigenvalue weighted by Gasteiger charge is -2.25. The Morgan fingerprint density at radius 1 is 1.50 bits per heavy atom. The second-order valence-electron chi connectivity index (χ2n) is 4.05. The molecule has 0 bridgehead atoms. The van der Waals surface area contributed by atoms with E-state index < -0.39 is 11.4 Å². The van der Waals surface area contributed by atoms with Gasteiger partial charge in [-0.2, -0.15) is 0 Å². The SMILES string of the molecule is CCOC(=O)CCC(O)(CC)c1ccc(F)cn1. The first-order chi connectivity index (χ1) is 8.51. The minimum Gasteiger partial charge on any atom is -0.466 e. The van der Waals surface area contributed by atoms with Gasteiger partial charge in [-0.3, -0.25) is 9.78 Å². The highest BCUT2D eigenvalue weighted by Gasteiger charge is 2.29. The van der Waals surface area contributed by atoms with Crippen LogP contribution in [0, 0.1) is 5.82 Å². The average Bonchev–Trinajstić information content (AvgIpc) is 2.37. The van der Waals surface area contributed by atoms with Crippen molar-refractivity contribution in [3.63, 3.8) is 0 Å². The molecular formula is C13H18FNO3. The Balaban J connectivity index is 2.73. The molecule has 1 atom stereocenters. The highest BCUT2D eigenvalue weighted by Crippen LogP contribution is 2.28. The van der Waals surface area contributed by atoms with Crippen LogP contribution in [-0.4, -0.2) is 22.7 Å². The first kappa shape index (κ1) is 14.6. The number of halogens is 1. The van der Waals surface area contributed by atoms with Gasteiger partial charge in [0.25, 0.3) is 0 Å². The van der Waals surface area contributed by atoms with Crippen molar-refractivity contribution in [2.45, 2.75) is 38.7 Å². The van der Waals surface area contributed by atoms with Gasteiger partial charge in [0.05, 0.1) is 18.5 Å². The molecule has 0 aliphatic heterocycles. The van der Waals surface area contributed by atoms with Gasteiger partial charge in [-0.1, -0.05) is 6.92 Å². The Bertz CT molecular complexity index is 394. The summed E-state index contributed by atoms with van der Waals surface area (Å²) in [5, 5.41) is 10.4. The minimum atomic E-state index is -1.22. The maximum atomic E-state index is 12.8. The lowest BCUT2D eigenvalue weighted by atomic mass is 9.90. The standard InChI is InChI=1S/C13H18FNO3/c1-3-13(17,8-7-12(16)18-4-2)11-6-5-10(14)9-15-11/h5-6,9,17H,3-4,7-8H2,1-2H3. The number of esters is 1. The summed E-state index contributed by atoms with van der Waals surface area (Å²) in [6.45, 7) is 3.83. The summed E-state index contributed by atoms with van der Waals surface area (Å²) in [6.07, 6.45) is 1.77. The number of hydrogen-bond acceptors (Lipinski definition) is 4. The smallest absolute Gasteiger partial charge is 0.305 e. The number of nitrogens with zero attached hydrogens (tertiary/aromatic N) is 1. The molecule has 0 fully saturated rings. The largest absolute Gasteiger partial charge is 0.466 e. The van der Waals surface area contributed by atoms with Crippen LogP contribution >= 0.6 is 0 Å². The monoisotopic (exact) mass is 255 g/mol. The fourth-order valence-electron chi connectivity index (χ4n) is 1.68. The molecule has 1 unspecified atom stereocenters. The van der Waals surface area contributed by atoms with E-state index in [2.05, 4.69) is 4.98 Å². The van der Waals surface area contributed by atoms with Gasteiger partial charge in [-0.25, -0.2) is 4.39 Å². The quantitative estimate of drug-likeness (QED) is 0.791. The summed E-state index contributed by atoms with van der Waals surface area (Å²) >= 11 is 0. The van der Waals surface area contributed by atoms with Gasteiger partial charge in [0.15, 0.2) is 0 Å². The third-order valence-corrected chi connectivity index (χ3v) is 2.84. The molecule has 0 aliphatic carbocycles. The normalized spacial score (nSPS) is 14.0. The number of hydrogen-bond donors (Lipinski definition) is 1. The minimum absolute atomic E-state index is 0.108. The zero-order chi connectivity index (χ0) is 13.6. The maximum absolute atomic E-state index is 12.8. The van der Waals surface area contributed by atoms with Gasteiger partial charge in [0, 0.05) is 6.42 Å². The van der Waals surface area contributed by atoms with E-state index in [1.54, 1.807) is 13.8 Å². The topological polar surface area (TPSA) is 59.4 Å². The lowest BCUT2D eigenvalue weighted by molar-refractivity contribution is -0.144. The maximum Gasteiger partial charge on any atom is 0.305 e. The van der Waals surface area contributed by atoms with E-state index in [1.165, 1.54) is 12.1 Å². The van der Waals surface area contributed by atoms with Crippen LogP contribution in [-0.2, 0) is 15.1 Å². The summed E-state index contributed by atoms with van der Waals surface area (Å²) in [5.74, 6) is -0.811. The molecule has 100 valence electrons. The molecule has 18 heavy (non-hydrogen) atoms. The third-order valence-electron chi connectivity index (χ3n) is 2.84. The molecule has 1 aromatic heterocycles. The van der Waals surface area contributed by atoms with Crippen LogP contribution in [0.2, 0.25) is 0 Å². The molecule has 1 heterocycles. The van der Waals surface area contributed by atoms with Gasteiger partial charge >= 0.3 is 5.97 Å². The molecule has 5 heteroatoms. The summed E-state index contributed by atoms with van der Waals surface area (Å²) in [5.41, 5.74) is -0.851. The summed E-state index contributed by atoms with van der Waals surface area (Å²) in [7, 11) is 0. The molecule has 0 aromatic carbocycles. The van der Waals surface area contributed by atoms with E-state index in [1.807, 2.05) is 0 Å². The predicted molar refractivity (Wildman–Crippen MR) is 64.2 cm³/mol. The zero-order valence-corrected chi connectivity index (χ0v) is 10.6. The van der Waals surface area contributed by atoms with Gasteiger partial charge in [0.2, 0.25) is 0 Å². The fourth-order valence-corrected chi connectivity index (χ4v) is 1.68. The number of rotatable bonds is 6.